The van der Waals surface area contributed by atoms with Gasteiger partial charge < -0.3 is 10.5 Å². The number of hydrogen-bond acceptors (Lipinski definition) is 5. The molecule has 0 aliphatic carbocycles. The van der Waals surface area contributed by atoms with Gasteiger partial charge in [-0.2, -0.15) is 10.3 Å². The van der Waals surface area contributed by atoms with Gasteiger partial charge in [0.15, 0.2) is 0 Å². The van der Waals surface area contributed by atoms with E-state index in [0.717, 1.165) is 48.3 Å². The number of aryl methyl sites for hydroxylation is 1. The van der Waals surface area contributed by atoms with Crippen LogP contribution in [0.4, 0.5) is 5.82 Å². The molecule has 3 N–H and O–H groups in total. The number of nitrogens with one attached hydrogen (secondary N) is 1. The molecule has 0 fully saturated rings. The lowest BCUT2D eigenvalue weighted by Gasteiger charge is -2.19. The van der Waals surface area contributed by atoms with Crippen molar-refractivity contribution in [1.82, 2.24) is 20.4 Å². The summed E-state index contributed by atoms with van der Waals surface area (Å²) in [7, 11) is 0. The number of nitrogen functional groups attached to an aromatic ring is 1. The molecule has 34 heavy (non-hydrogen) atoms. The standard InChI is InChI=1S/C28H27N5O/c29-26-19-24(27-28(30-26)32-33-31-27)23(20-11-3-1-4-12-20)17-9-7-13-21-14-8-10-18-25(21)34-22-15-5-2-6-16-22/h1-6,8,10-12,14-16,18-19,23H,7,9,13,17H2,(H3,29,30,31,32,33). The van der Waals surface area contributed by atoms with Crippen LogP contribution in [0.15, 0.2) is 91.0 Å². The number of pyridine rings is 1. The molecule has 1 atom stereocenters. The van der Waals surface area contributed by atoms with Crippen molar-refractivity contribution >= 4 is 17.0 Å². The van der Waals surface area contributed by atoms with E-state index in [9.17, 15) is 0 Å². The fourth-order valence-electron chi connectivity index (χ4n) is 4.42. The third kappa shape index (κ3) is 4.91. The quantitative estimate of drug-likeness (QED) is 0.259. The van der Waals surface area contributed by atoms with Gasteiger partial charge in [-0.15, -0.1) is 5.10 Å². The first-order chi connectivity index (χ1) is 16.8. The van der Waals surface area contributed by atoms with Crippen LogP contribution in [-0.2, 0) is 6.42 Å². The molecular formula is C28H27N5O. The summed E-state index contributed by atoms with van der Waals surface area (Å²) in [6.45, 7) is 0. The Morgan fingerprint density at radius 3 is 2.38 bits per heavy atom. The van der Waals surface area contributed by atoms with Crippen molar-refractivity contribution in [2.45, 2.75) is 31.6 Å². The molecule has 0 spiro atoms. The number of hydrogen-bond donors (Lipinski definition) is 2. The first-order valence-corrected chi connectivity index (χ1v) is 11.6. The molecule has 5 aromatic rings. The molecule has 0 aliphatic rings. The molecule has 2 aromatic heterocycles. The summed E-state index contributed by atoms with van der Waals surface area (Å²) in [6, 6.07) is 30.6. The predicted molar refractivity (Wildman–Crippen MR) is 135 cm³/mol. The lowest BCUT2D eigenvalue weighted by Crippen LogP contribution is -2.05. The highest BCUT2D eigenvalue weighted by atomic mass is 16.5. The monoisotopic (exact) mass is 449 g/mol. The number of aromatic amines is 1. The zero-order chi connectivity index (χ0) is 23.2. The predicted octanol–water partition coefficient (Wildman–Crippen LogP) is 6.27. The number of anilines is 1. The van der Waals surface area contributed by atoms with Crippen LogP contribution >= 0.6 is 0 Å². The second kappa shape index (κ2) is 10.2. The number of para-hydroxylation sites is 2. The fourth-order valence-corrected chi connectivity index (χ4v) is 4.42. The van der Waals surface area contributed by atoms with Gasteiger partial charge in [0.25, 0.3) is 0 Å². The Kier molecular flexibility index (Phi) is 6.47. The number of benzene rings is 3. The van der Waals surface area contributed by atoms with Crippen molar-refractivity contribution in [3.05, 3.63) is 108 Å². The maximum atomic E-state index is 6.14. The van der Waals surface area contributed by atoms with Crippen LogP contribution in [0.25, 0.3) is 11.2 Å². The average molecular weight is 450 g/mol. The van der Waals surface area contributed by atoms with Gasteiger partial charge in [-0.1, -0.05) is 73.2 Å². The summed E-state index contributed by atoms with van der Waals surface area (Å²) in [5.41, 5.74) is 11.0. The number of H-pyrrole nitrogens is 1. The van der Waals surface area contributed by atoms with Crippen molar-refractivity contribution in [3.8, 4) is 11.5 Å². The van der Waals surface area contributed by atoms with Gasteiger partial charge in [0.2, 0.25) is 5.65 Å². The smallest absolute Gasteiger partial charge is 0.203 e. The normalized spacial score (nSPS) is 12.0. The van der Waals surface area contributed by atoms with Crippen LogP contribution in [0, 0.1) is 0 Å². The second-order valence-corrected chi connectivity index (χ2v) is 8.36. The van der Waals surface area contributed by atoms with E-state index >= 15 is 0 Å². The van der Waals surface area contributed by atoms with Crippen LogP contribution in [-0.4, -0.2) is 20.4 Å². The van der Waals surface area contributed by atoms with Crippen molar-refractivity contribution in [2.75, 3.05) is 5.73 Å². The van der Waals surface area contributed by atoms with Gasteiger partial charge in [-0.05, 0) is 60.2 Å². The van der Waals surface area contributed by atoms with Crippen LogP contribution in [0.3, 0.4) is 0 Å². The summed E-state index contributed by atoms with van der Waals surface area (Å²) in [5.74, 6) is 2.39. The van der Waals surface area contributed by atoms with Crippen molar-refractivity contribution in [2.24, 2.45) is 0 Å². The fraction of sp³-hybridized carbons (Fsp3) is 0.179. The average Bonchev–Trinajstić information content (AvgIpc) is 3.34. The van der Waals surface area contributed by atoms with Crippen molar-refractivity contribution in [3.63, 3.8) is 0 Å². The van der Waals surface area contributed by atoms with Crippen LogP contribution in [0.5, 0.6) is 11.5 Å². The van der Waals surface area contributed by atoms with Gasteiger partial charge in [0.05, 0.1) is 0 Å². The van der Waals surface area contributed by atoms with Crippen LogP contribution < -0.4 is 10.5 Å². The zero-order valence-electron chi connectivity index (χ0n) is 18.9. The SMILES string of the molecule is Nc1cc(C(CCCCc2ccccc2Oc2ccccc2)c2ccccc2)c2n[nH]nc2n1. The lowest BCUT2D eigenvalue weighted by molar-refractivity contribution is 0.474. The Morgan fingerprint density at radius 1 is 0.824 bits per heavy atom. The third-order valence-corrected chi connectivity index (χ3v) is 6.05. The highest BCUT2D eigenvalue weighted by molar-refractivity contribution is 5.77. The van der Waals surface area contributed by atoms with E-state index in [0.29, 0.717) is 11.5 Å². The number of ether oxygens (including phenoxy) is 1. The molecule has 2 heterocycles. The van der Waals surface area contributed by atoms with Crippen molar-refractivity contribution < 1.29 is 4.74 Å². The Bertz CT molecular complexity index is 1350. The highest BCUT2D eigenvalue weighted by Gasteiger charge is 2.20. The van der Waals surface area contributed by atoms with Gasteiger partial charge in [0, 0.05) is 5.92 Å². The molecule has 5 rings (SSSR count). The molecule has 0 saturated carbocycles. The second-order valence-electron chi connectivity index (χ2n) is 8.36. The Hall–Kier alpha value is -4.19. The van der Waals surface area contributed by atoms with Gasteiger partial charge in [-0.3, -0.25) is 0 Å². The maximum absolute atomic E-state index is 6.14. The summed E-state index contributed by atoms with van der Waals surface area (Å²) < 4.78 is 6.14. The molecule has 0 bridgehead atoms. The largest absolute Gasteiger partial charge is 0.457 e. The zero-order valence-corrected chi connectivity index (χ0v) is 18.9. The van der Waals surface area contributed by atoms with E-state index in [4.69, 9.17) is 10.5 Å². The third-order valence-electron chi connectivity index (χ3n) is 6.05. The minimum Gasteiger partial charge on any atom is -0.457 e. The summed E-state index contributed by atoms with van der Waals surface area (Å²) >= 11 is 0. The first kappa shape index (κ1) is 21.6. The summed E-state index contributed by atoms with van der Waals surface area (Å²) in [6.07, 6.45) is 4.00. The number of nitrogens with zero attached hydrogens (tertiary/aromatic N) is 3. The number of rotatable bonds is 9. The molecule has 0 amide bonds. The lowest BCUT2D eigenvalue weighted by atomic mass is 9.86. The Balaban J connectivity index is 1.31. The highest BCUT2D eigenvalue weighted by Crippen LogP contribution is 2.34. The van der Waals surface area contributed by atoms with Gasteiger partial charge in [-0.25, -0.2) is 4.98 Å². The molecule has 1 unspecified atom stereocenters. The molecule has 6 heteroatoms. The van der Waals surface area contributed by atoms with Gasteiger partial charge in [0.1, 0.15) is 22.8 Å². The molecule has 3 aromatic carbocycles. The van der Waals surface area contributed by atoms with E-state index in [1.54, 1.807) is 0 Å². The summed E-state index contributed by atoms with van der Waals surface area (Å²) in [5, 5.41) is 11.2. The Morgan fingerprint density at radius 2 is 1.56 bits per heavy atom. The molecule has 0 radical (unpaired) electrons. The molecule has 0 saturated heterocycles. The van der Waals surface area contributed by atoms with Crippen LogP contribution in [0.2, 0.25) is 0 Å². The molecule has 6 nitrogen and oxygen atoms in total. The number of aromatic nitrogens is 4. The van der Waals surface area contributed by atoms with E-state index in [1.165, 1.54) is 11.1 Å². The maximum Gasteiger partial charge on any atom is 0.203 e. The molecular weight excluding hydrogens is 422 g/mol. The minimum atomic E-state index is 0.162. The number of unbranched alkanes of at least 4 members (excludes halogenated alkanes) is 1. The van der Waals surface area contributed by atoms with E-state index in [2.05, 4.69) is 56.8 Å². The van der Waals surface area contributed by atoms with E-state index in [-0.39, 0.29) is 5.92 Å². The Labute approximate surface area is 198 Å². The summed E-state index contributed by atoms with van der Waals surface area (Å²) in [4.78, 5) is 4.31. The van der Waals surface area contributed by atoms with Crippen LogP contribution in [0.1, 0.15) is 41.9 Å². The number of fused-ring (bicyclic) bond motifs is 1. The minimum absolute atomic E-state index is 0.162. The number of nitrogens with two attached hydrogens (primary N) is 1. The topological polar surface area (TPSA) is 89.7 Å². The first-order valence-electron chi connectivity index (χ1n) is 11.6. The molecule has 0 aliphatic heterocycles. The van der Waals surface area contributed by atoms with Crippen molar-refractivity contribution in [1.29, 1.82) is 0 Å². The van der Waals surface area contributed by atoms with Gasteiger partial charge >= 0.3 is 0 Å². The van der Waals surface area contributed by atoms with E-state index < -0.39 is 0 Å². The molecule has 170 valence electrons. The van der Waals surface area contributed by atoms with E-state index in [1.807, 2.05) is 54.6 Å².